The van der Waals surface area contributed by atoms with Crippen LogP contribution >= 0.6 is 15.9 Å². The van der Waals surface area contributed by atoms with E-state index in [1.54, 1.807) is 0 Å². The number of nitrogens with zero attached hydrogens (tertiary/aromatic N) is 1. The van der Waals surface area contributed by atoms with Crippen molar-refractivity contribution in [2.75, 3.05) is 4.72 Å². The van der Waals surface area contributed by atoms with Crippen LogP contribution < -0.4 is 4.72 Å². The molecule has 100 valence electrons. The minimum absolute atomic E-state index is 0.162. The molecule has 0 aliphatic heterocycles. The Balaban J connectivity index is 2.39. The Labute approximate surface area is 116 Å². The predicted molar refractivity (Wildman–Crippen MR) is 69.1 cm³/mol. The maximum Gasteiger partial charge on any atom is 0.263 e. The quantitative estimate of drug-likeness (QED) is 0.927. The molecule has 1 aromatic carbocycles. The van der Waals surface area contributed by atoms with Crippen molar-refractivity contribution >= 4 is 31.6 Å². The van der Waals surface area contributed by atoms with Crippen LogP contribution in [0.15, 0.2) is 46.0 Å². The van der Waals surface area contributed by atoms with Crippen LogP contribution in [0, 0.1) is 11.6 Å². The molecule has 1 aromatic heterocycles. The molecule has 0 saturated carbocycles. The molecule has 0 fully saturated rings. The van der Waals surface area contributed by atoms with Gasteiger partial charge in [-0.2, -0.15) is 0 Å². The molecule has 0 radical (unpaired) electrons. The number of hydrogen-bond donors (Lipinski definition) is 1. The van der Waals surface area contributed by atoms with Crippen LogP contribution in [0.4, 0.5) is 14.5 Å². The molecule has 2 aromatic rings. The van der Waals surface area contributed by atoms with Crippen molar-refractivity contribution in [2.24, 2.45) is 0 Å². The summed E-state index contributed by atoms with van der Waals surface area (Å²) < 4.78 is 52.7. The summed E-state index contributed by atoms with van der Waals surface area (Å²) >= 11 is 3.08. The van der Waals surface area contributed by atoms with Crippen molar-refractivity contribution in [3.8, 4) is 0 Å². The maximum absolute atomic E-state index is 13.4. The van der Waals surface area contributed by atoms with Crippen molar-refractivity contribution in [3.63, 3.8) is 0 Å². The highest BCUT2D eigenvalue weighted by Crippen LogP contribution is 2.21. The van der Waals surface area contributed by atoms with Gasteiger partial charge in [0.2, 0.25) is 0 Å². The SMILES string of the molecule is O=S(=O)(Nc1cc(F)ccc1F)c1cncc(Br)c1. The lowest BCUT2D eigenvalue weighted by Crippen LogP contribution is -2.14. The minimum atomic E-state index is -4.02. The van der Waals surface area contributed by atoms with Crippen LogP contribution in [0.3, 0.4) is 0 Å². The predicted octanol–water partition coefficient (Wildman–Crippen LogP) is 2.92. The molecule has 2 rings (SSSR count). The van der Waals surface area contributed by atoms with Crippen LogP contribution in [0.25, 0.3) is 0 Å². The lowest BCUT2D eigenvalue weighted by Gasteiger charge is -2.08. The molecule has 0 saturated heterocycles. The Kier molecular flexibility index (Phi) is 3.81. The Morgan fingerprint density at radius 2 is 1.89 bits per heavy atom. The summed E-state index contributed by atoms with van der Waals surface area (Å²) in [4.78, 5) is 3.54. The number of benzene rings is 1. The normalized spacial score (nSPS) is 11.3. The van der Waals surface area contributed by atoms with Crippen LogP contribution in [-0.2, 0) is 10.0 Å². The van der Waals surface area contributed by atoms with Gasteiger partial charge in [-0.05, 0) is 34.1 Å². The lowest BCUT2D eigenvalue weighted by molar-refractivity contribution is 0.594. The molecule has 19 heavy (non-hydrogen) atoms. The number of pyridine rings is 1. The van der Waals surface area contributed by atoms with Gasteiger partial charge in [0, 0.05) is 22.9 Å². The monoisotopic (exact) mass is 348 g/mol. The van der Waals surface area contributed by atoms with E-state index in [1.807, 2.05) is 4.72 Å². The van der Waals surface area contributed by atoms with E-state index < -0.39 is 27.3 Å². The Bertz CT molecular complexity index is 722. The Morgan fingerprint density at radius 3 is 2.58 bits per heavy atom. The van der Waals surface area contributed by atoms with E-state index in [4.69, 9.17) is 0 Å². The van der Waals surface area contributed by atoms with Crippen molar-refractivity contribution in [1.29, 1.82) is 0 Å². The molecular weight excluding hydrogens is 342 g/mol. The van der Waals surface area contributed by atoms with Crippen LogP contribution in [0.1, 0.15) is 0 Å². The average Bonchev–Trinajstić information content (AvgIpc) is 2.33. The number of anilines is 1. The third kappa shape index (κ3) is 3.27. The van der Waals surface area contributed by atoms with Crippen LogP contribution in [-0.4, -0.2) is 13.4 Å². The molecule has 1 N–H and O–H groups in total. The van der Waals surface area contributed by atoms with E-state index >= 15 is 0 Å². The molecule has 0 unspecified atom stereocenters. The second-order valence-corrected chi connectivity index (χ2v) is 6.17. The number of halogens is 3. The fourth-order valence-corrected chi connectivity index (χ4v) is 2.88. The van der Waals surface area contributed by atoms with E-state index in [9.17, 15) is 17.2 Å². The summed E-state index contributed by atoms with van der Waals surface area (Å²) in [5.41, 5.74) is -0.458. The van der Waals surface area contributed by atoms with E-state index in [2.05, 4.69) is 20.9 Å². The highest BCUT2D eigenvalue weighted by atomic mass is 79.9. The van der Waals surface area contributed by atoms with Gasteiger partial charge in [0.05, 0.1) is 5.69 Å². The zero-order valence-corrected chi connectivity index (χ0v) is 11.7. The molecule has 4 nitrogen and oxygen atoms in total. The number of nitrogens with one attached hydrogen (secondary N) is 1. The standard InChI is InChI=1S/C11H7BrF2N2O2S/c12-7-3-9(6-15-5-7)19(17,18)16-11-4-8(13)1-2-10(11)14/h1-6,16H. The Hall–Kier alpha value is -1.54. The van der Waals surface area contributed by atoms with Gasteiger partial charge in [0.15, 0.2) is 0 Å². The summed E-state index contributed by atoms with van der Waals surface area (Å²) in [5.74, 6) is -1.61. The second kappa shape index (κ2) is 5.22. The van der Waals surface area contributed by atoms with E-state index in [-0.39, 0.29) is 4.90 Å². The first-order chi connectivity index (χ1) is 8.88. The average molecular weight is 349 g/mol. The van der Waals surface area contributed by atoms with Crippen molar-refractivity contribution in [3.05, 3.63) is 52.8 Å². The van der Waals surface area contributed by atoms with Gasteiger partial charge in [0.25, 0.3) is 10.0 Å². The molecule has 0 aliphatic carbocycles. The van der Waals surface area contributed by atoms with Crippen LogP contribution in [0.5, 0.6) is 0 Å². The first kappa shape index (κ1) is 13.9. The summed E-state index contributed by atoms with van der Waals surface area (Å²) in [7, 11) is -4.02. The van der Waals surface area contributed by atoms with Gasteiger partial charge < -0.3 is 0 Å². The fourth-order valence-electron chi connectivity index (χ4n) is 1.32. The summed E-state index contributed by atoms with van der Waals surface area (Å²) in [5, 5.41) is 0. The zero-order chi connectivity index (χ0) is 14.0. The van der Waals surface area contributed by atoms with E-state index in [1.165, 1.54) is 12.3 Å². The van der Waals surface area contributed by atoms with E-state index in [0.717, 1.165) is 24.4 Å². The maximum atomic E-state index is 13.4. The van der Waals surface area contributed by atoms with Crippen molar-refractivity contribution in [1.82, 2.24) is 4.98 Å². The smallest absolute Gasteiger partial charge is 0.263 e. The minimum Gasteiger partial charge on any atom is -0.276 e. The van der Waals surface area contributed by atoms with Crippen LogP contribution in [0.2, 0.25) is 0 Å². The molecular formula is C11H7BrF2N2O2S. The number of rotatable bonds is 3. The first-order valence-electron chi connectivity index (χ1n) is 4.97. The first-order valence-corrected chi connectivity index (χ1v) is 7.24. The number of sulfonamides is 1. The molecule has 0 bridgehead atoms. The van der Waals surface area contributed by atoms with Crippen molar-refractivity contribution < 1.29 is 17.2 Å². The van der Waals surface area contributed by atoms with E-state index in [0.29, 0.717) is 4.47 Å². The summed E-state index contributed by atoms with van der Waals surface area (Å²) in [6.45, 7) is 0. The van der Waals surface area contributed by atoms with Gasteiger partial charge in [-0.3, -0.25) is 9.71 Å². The number of hydrogen-bond acceptors (Lipinski definition) is 3. The molecule has 0 aliphatic rings. The van der Waals surface area contributed by atoms with Gasteiger partial charge in [-0.25, -0.2) is 17.2 Å². The Morgan fingerprint density at radius 1 is 1.16 bits per heavy atom. The number of aromatic nitrogens is 1. The second-order valence-electron chi connectivity index (χ2n) is 3.57. The molecule has 0 atom stereocenters. The summed E-state index contributed by atoms with van der Waals surface area (Å²) in [6.07, 6.45) is 2.51. The third-order valence-corrected chi connectivity index (χ3v) is 3.93. The third-order valence-electron chi connectivity index (χ3n) is 2.16. The lowest BCUT2D eigenvalue weighted by atomic mass is 10.3. The van der Waals surface area contributed by atoms with Gasteiger partial charge in [0.1, 0.15) is 16.5 Å². The molecule has 1 heterocycles. The molecule has 0 amide bonds. The molecule has 0 spiro atoms. The highest BCUT2D eigenvalue weighted by Gasteiger charge is 2.17. The largest absolute Gasteiger partial charge is 0.276 e. The van der Waals surface area contributed by atoms with Crippen molar-refractivity contribution in [2.45, 2.75) is 4.90 Å². The zero-order valence-electron chi connectivity index (χ0n) is 9.27. The fraction of sp³-hybridized carbons (Fsp3) is 0. The summed E-state index contributed by atoms with van der Waals surface area (Å²) in [6, 6.07) is 3.80. The van der Waals surface area contributed by atoms with Gasteiger partial charge >= 0.3 is 0 Å². The van der Waals surface area contributed by atoms with Gasteiger partial charge in [-0.15, -0.1) is 0 Å². The highest BCUT2D eigenvalue weighted by molar-refractivity contribution is 9.10. The molecule has 8 heteroatoms. The topological polar surface area (TPSA) is 59.1 Å². The van der Waals surface area contributed by atoms with Gasteiger partial charge in [-0.1, -0.05) is 0 Å².